The van der Waals surface area contributed by atoms with Crippen molar-refractivity contribution < 1.29 is 9.47 Å². The Bertz CT molecular complexity index is 509. The monoisotopic (exact) mass is 263 g/mol. The summed E-state index contributed by atoms with van der Waals surface area (Å²) in [6.45, 7) is 0. The molecule has 2 aromatic rings. The Labute approximate surface area is 109 Å². The normalized spacial score (nSPS) is 10.1. The van der Waals surface area contributed by atoms with Crippen molar-refractivity contribution in [2.24, 2.45) is 0 Å². The number of anilines is 1. The maximum atomic E-state index is 5.63. The first kappa shape index (κ1) is 12.5. The molecule has 0 amide bonds. The summed E-state index contributed by atoms with van der Waals surface area (Å²) in [5.74, 6) is 0.944. The number of ether oxygens (including phenoxy) is 2. The molecule has 0 spiro atoms. The number of aromatic nitrogens is 2. The van der Waals surface area contributed by atoms with E-state index in [-0.39, 0.29) is 0 Å². The Hall–Kier alpha value is -1.95. The van der Waals surface area contributed by atoms with Gasteiger partial charge >= 0.3 is 0 Å². The molecule has 0 bridgehead atoms. The van der Waals surface area contributed by atoms with Crippen LogP contribution in [0.1, 0.15) is 0 Å². The highest BCUT2D eigenvalue weighted by Gasteiger charge is 2.07. The van der Waals surface area contributed by atoms with Crippen LogP contribution < -0.4 is 15.2 Å². The second-order valence-corrected chi connectivity index (χ2v) is 4.45. The molecule has 0 saturated carbocycles. The van der Waals surface area contributed by atoms with Crippen molar-refractivity contribution >= 4 is 17.4 Å². The van der Waals surface area contributed by atoms with E-state index in [2.05, 4.69) is 9.97 Å². The first-order valence-corrected chi connectivity index (χ1v) is 6.03. The summed E-state index contributed by atoms with van der Waals surface area (Å²) in [4.78, 5) is 9.47. The first-order valence-electron chi connectivity index (χ1n) is 5.21. The fourth-order valence-corrected chi connectivity index (χ4v) is 2.03. The van der Waals surface area contributed by atoms with Crippen LogP contribution in [0.25, 0.3) is 0 Å². The van der Waals surface area contributed by atoms with Gasteiger partial charge in [-0.2, -0.15) is 9.97 Å². The van der Waals surface area contributed by atoms with Crippen molar-refractivity contribution in [3.63, 3.8) is 0 Å². The number of hydrogen-bond acceptors (Lipinski definition) is 6. The standard InChI is InChI=1S/C12H13N3O2S/c1-16-10-7-11(17-2)15-12(14-10)18-9-5-3-8(13)4-6-9/h3-7H,13H2,1-2H3. The largest absolute Gasteiger partial charge is 0.481 e. The van der Waals surface area contributed by atoms with Crippen LogP contribution in [-0.4, -0.2) is 24.2 Å². The van der Waals surface area contributed by atoms with E-state index in [1.807, 2.05) is 24.3 Å². The second kappa shape index (κ2) is 5.59. The summed E-state index contributed by atoms with van der Waals surface area (Å²) in [6.07, 6.45) is 0. The van der Waals surface area contributed by atoms with Crippen molar-refractivity contribution in [2.75, 3.05) is 20.0 Å². The number of rotatable bonds is 4. The van der Waals surface area contributed by atoms with Crippen LogP contribution in [0.2, 0.25) is 0 Å². The van der Waals surface area contributed by atoms with Gasteiger partial charge in [0, 0.05) is 10.6 Å². The van der Waals surface area contributed by atoms with Crippen molar-refractivity contribution in [1.82, 2.24) is 9.97 Å². The average molecular weight is 263 g/mol. The third-order valence-electron chi connectivity index (χ3n) is 2.17. The molecule has 0 saturated heterocycles. The Morgan fingerprint density at radius 3 is 2.06 bits per heavy atom. The molecule has 1 aromatic carbocycles. The minimum absolute atomic E-state index is 0.472. The molecular weight excluding hydrogens is 250 g/mol. The lowest BCUT2D eigenvalue weighted by Crippen LogP contribution is -1.96. The number of hydrogen-bond donors (Lipinski definition) is 1. The highest BCUT2D eigenvalue weighted by atomic mass is 32.2. The Morgan fingerprint density at radius 2 is 1.56 bits per heavy atom. The average Bonchev–Trinajstić information content (AvgIpc) is 2.41. The van der Waals surface area contributed by atoms with Gasteiger partial charge in [-0.15, -0.1) is 0 Å². The number of nitrogen functional groups attached to an aromatic ring is 1. The maximum absolute atomic E-state index is 5.63. The highest BCUT2D eigenvalue weighted by Crippen LogP contribution is 2.28. The Balaban J connectivity index is 2.25. The van der Waals surface area contributed by atoms with E-state index in [1.165, 1.54) is 11.8 Å². The van der Waals surface area contributed by atoms with Gasteiger partial charge in [0.25, 0.3) is 0 Å². The van der Waals surface area contributed by atoms with Gasteiger partial charge in [-0.05, 0) is 36.0 Å². The van der Waals surface area contributed by atoms with Crippen LogP contribution in [0.5, 0.6) is 11.8 Å². The van der Waals surface area contributed by atoms with E-state index in [1.54, 1.807) is 20.3 Å². The van der Waals surface area contributed by atoms with E-state index in [0.717, 1.165) is 10.6 Å². The summed E-state index contributed by atoms with van der Waals surface area (Å²) in [7, 11) is 3.11. The Morgan fingerprint density at radius 1 is 1.00 bits per heavy atom. The summed E-state index contributed by atoms with van der Waals surface area (Å²) in [6, 6.07) is 9.12. The van der Waals surface area contributed by atoms with Gasteiger partial charge in [0.05, 0.1) is 20.3 Å². The minimum atomic E-state index is 0.472. The molecule has 0 aliphatic carbocycles. The lowest BCUT2D eigenvalue weighted by Gasteiger charge is -2.06. The summed E-state index contributed by atoms with van der Waals surface area (Å²) in [5, 5.41) is 0.566. The second-order valence-electron chi connectivity index (χ2n) is 3.41. The smallest absolute Gasteiger partial charge is 0.220 e. The van der Waals surface area contributed by atoms with Gasteiger partial charge in [0.2, 0.25) is 11.8 Å². The molecule has 5 nitrogen and oxygen atoms in total. The van der Waals surface area contributed by atoms with E-state index in [0.29, 0.717) is 16.9 Å². The maximum Gasteiger partial charge on any atom is 0.220 e. The summed E-state index contributed by atoms with van der Waals surface area (Å²) < 4.78 is 10.2. The molecule has 2 N–H and O–H groups in total. The van der Waals surface area contributed by atoms with Crippen molar-refractivity contribution in [2.45, 2.75) is 10.1 Å². The lowest BCUT2D eigenvalue weighted by molar-refractivity contribution is 0.364. The predicted octanol–water partition coefficient (Wildman–Crippen LogP) is 2.23. The Kier molecular flexibility index (Phi) is 3.88. The number of benzene rings is 1. The fraction of sp³-hybridized carbons (Fsp3) is 0.167. The molecule has 2 rings (SSSR count). The van der Waals surface area contributed by atoms with Crippen LogP contribution in [0, 0.1) is 0 Å². The third-order valence-corrected chi connectivity index (χ3v) is 3.04. The summed E-state index contributed by atoms with van der Waals surface area (Å²) >= 11 is 1.42. The fourth-order valence-electron chi connectivity index (χ4n) is 1.28. The number of methoxy groups -OCH3 is 2. The number of nitrogens with zero attached hydrogens (tertiary/aromatic N) is 2. The SMILES string of the molecule is COc1cc(OC)nc(Sc2ccc(N)cc2)n1. The van der Waals surface area contributed by atoms with Gasteiger partial charge < -0.3 is 15.2 Å². The van der Waals surface area contributed by atoms with Crippen LogP contribution in [0.15, 0.2) is 40.4 Å². The van der Waals surface area contributed by atoms with Crippen LogP contribution in [0.3, 0.4) is 0 Å². The highest BCUT2D eigenvalue weighted by molar-refractivity contribution is 7.99. The molecule has 0 fully saturated rings. The quantitative estimate of drug-likeness (QED) is 0.673. The van der Waals surface area contributed by atoms with Gasteiger partial charge in [-0.3, -0.25) is 0 Å². The van der Waals surface area contributed by atoms with E-state index >= 15 is 0 Å². The molecular formula is C12H13N3O2S. The minimum Gasteiger partial charge on any atom is -0.481 e. The molecule has 0 unspecified atom stereocenters. The van der Waals surface area contributed by atoms with Crippen molar-refractivity contribution in [3.05, 3.63) is 30.3 Å². The lowest BCUT2D eigenvalue weighted by atomic mass is 10.3. The molecule has 18 heavy (non-hydrogen) atoms. The molecule has 0 atom stereocenters. The third kappa shape index (κ3) is 3.04. The van der Waals surface area contributed by atoms with E-state index in [4.69, 9.17) is 15.2 Å². The van der Waals surface area contributed by atoms with E-state index in [9.17, 15) is 0 Å². The molecule has 94 valence electrons. The zero-order valence-electron chi connectivity index (χ0n) is 10.1. The van der Waals surface area contributed by atoms with Gasteiger partial charge in [0.15, 0.2) is 5.16 Å². The summed E-state index contributed by atoms with van der Waals surface area (Å²) in [5.41, 5.74) is 6.36. The van der Waals surface area contributed by atoms with Crippen molar-refractivity contribution in [1.29, 1.82) is 0 Å². The zero-order valence-corrected chi connectivity index (χ0v) is 10.9. The molecule has 0 aliphatic rings. The first-order chi connectivity index (χ1) is 8.71. The van der Waals surface area contributed by atoms with E-state index < -0.39 is 0 Å². The van der Waals surface area contributed by atoms with Crippen LogP contribution in [0.4, 0.5) is 5.69 Å². The van der Waals surface area contributed by atoms with Crippen molar-refractivity contribution in [3.8, 4) is 11.8 Å². The molecule has 6 heteroatoms. The van der Waals surface area contributed by atoms with Crippen LogP contribution in [-0.2, 0) is 0 Å². The van der Waals surface area contributed by atoms with Gasteiger partial charge in [0.1, 0.15) is 0 Å². The number of nitrogens with two attached hydrogens (primary N) is 1. The molecule has 1 heterocycles. The molecule has 0 aliphatic heterocycles. The zero-order chi connectivity index (χ0) is 13.0. The van der Waals surface area contributed by atoms with Crippen LogP contribution >= 0.6 is 11.8 Å². The topological polar surface area (TPSA) is 70.3 Å². The van der Waals surface area contributed by atoms with Gasteiger partial charge in [-0.25, -0.2) is 0 Å². The molecule has 1 aromatic heterocycles. The molecule has 0 radical (unpaired) electrons. The predicted molar refractivity (Wildman–Crippen MR) is 70.1 cm³/mol. The van der Waals surface area contributed by atoms with Gasteiger partial charge in [-0.1, -0.05) is 0 Å².